The molecule has 1 aliphatic carbocycles. The second-order valence-electron chi connectivity index (χ2n) is 3.78. The lowest BCUT2D eigenvalue weighted by Crippen LogP contribution is -2.38. The summed E-state index contributed by atoms with van der Waals surface area (Å²) in [6, 6.07) is 0.711. The number of hydrogen-bond acceptors (Lipinski definition) is 1. The van der Waals surface area contributed by atoms with Gasteiger partial charge in [0.15, 0.2) is 0 Å². The first-order chi connectivity index (χ1) is 4.62. The van der Waals surface area contributed by atoms with Gasteiger partial charge in [0.25, 0.3) is 0 Å². The Morgan fingerprint density at radius 2 is 1.90 bits per heavy atom. The fourth-order valence-corrected chi connectivity index (χ4v) is 1.65. The molecule has 0 aromatic carbocycles. The van der Waals surface area contributed by atoms with Crippen LogP contribution in [0.3, 0.4) is 0 Å². The summed E-state index contributed by atoms with van der Waals surface area (Å²) >= 11 is 0. The Hall–Kier alpha value is -0.0400. The Labute approximate surface area is 64.4 Å². The number of rotatable bonds is 3. The monoisotopic (exact) mass is 141 g/mol. The van der Waals surface area contributed by atoms with E-state index in [2.05, 4.69) is 32.7 Å². The van der Waals surface area contributed by atoms with E-state index in [1.807, 2.05) is 0 Å². The van der Waals surface area contributed by atoms with Crippen LogP contribution in [0, 0.1) is 0 Å². The maximum atomic E-state index is 2.52. The first-order valence-corrected chi connectivity index (χ1v) is 4.35. The van der Waals surface area contributed by atoms with Gasteiger partial charge in [0.05, 0.1) is 0 Å². The van der Waals surface area contributed by atoms with E-state index in [1.54, 1.807) is 0 Å². The van der Waals surface area contributed by atoms with Crippen molar-refractivity contribution in [2.45, 2.75) is 51.6 Å². The van der Waals surface area contributed by atoms with Crippen molar-refractivity contribution in [1.29, 1.82) is 0 Å². The molecule has 10 heavy (non-hydrogen) atoms. The summed E-state index contributed by atoms with van der Waals surface area (Å²) in [6.45, 7) is 6.84. The molecule has 1 nitrogen and oxygen atoms in total. The van der Waals surface area contributed by atoms with Gasteiger partial charge in [0.1, 0.15) is 0 Å². The van der Waals surface area contributed by atoms with Crippen LogP contribution in [0.1, 0.15) is 40.0 Å². The highest BCUT2D eigenvalue weighted by molar-refractivity contribution is 5.02. The zero-order chi connectivity index (χ0) is 7.78. The molecule has 0 unspecified atom stereocenters. The molecular weight excluding hydrogens is 122 g/mol. The second-order valence-corrected chi connectivity index (χ2v) is 3.78. The maximum absolute atomic E-state index is 2.52. The van der Waals surface area contributed by atoms with Gasteiger partial charge in [-0.15, -0.1) is 0 Å². The van der Waals surface area contributed by atoms with Gasteiger partial charge >= 0.3 is 0 Å². The van der Waals surface area contributed by atoms with E-state index in [9.17, 15) is 0 Å². The second kappa shape index (κ2) is 2.54. The minimum absolute atomic E-state index is 0.605. The molecule has 0 saturated heterocycles. The van der Waals surface area contributed by atoms with Gasteiger partial charge in [-0.25, -0.2) is 0 Å². The molecule has 60 valence electrons. The van der Waals surface area contributed by atoms with Gasteiger partial charge in [-0.05, 0) is 40.2 Å². The van der Waals surface area contributed by atoms with Crippen LogP contribution in [-0.4, -0.2) is 23.5 Å². The fourth-order valence-electron chi connectivity index (χ4n) is 1.65. The summed E-state index contributed by atoms with van der Waals surface area (Å²) in [7, 11) is 2.25. The summed E-state index contributed by atoms with van der Waals surface area (Å²) in [5, 5.41) is 0. The van der Waals surface area contributed by atoms with Crippen LogP contribution in [0.25, 0.3) is 0 Å². The minimum atomic E-state index is 0.605. The first kappa shape index (κ1) is 8.06. The molecule has 1 heteroatoms. The predicted molar refractivity (Wildman–Crippen MR) is 45.2 cm³/mol. The van der Waals surface area contributed by atoms with Crippen LogP contribution in [0.2, 0.25) is 0 Å². The third-order valence-electron chi connectivity index (χ3n) is 3.01. The standard InChI is InChI=1S/C9H19N/c1-5-9(6-7-9)10(4)8(2)3/h8H,5-7H2,1-4H3. The molecule has 0 radical (unpaired) electrons. The molecule has 1 aliphatic rings. The Balaban J connectivity index is 2.47. The maximum Gasteiger partial charge on any atom is 0.0208 e. The predicted octanol–water partition coefficient (Wildman–Crippen LogP) is 2.27. The van der Waals surface area contributed by atoms with Crippen molar-refractivity contribution < 1.29 is 0 Å². The van der Waals surface area contributed by atoms with E-state index >= 15 is 0 Å². The van der Waals surface area contributed by atoms with Crippen molar-refractivity contribution in [3.63, 3.8) is 0 Å². The molecule has 0 aliphatic heterocycles. The summed E-state index contributed by atoms with van der Waals surface area (Å²) in [6.07, 6.45) is 4.15. The smallest absolute Gasteiger partial charge is 0.0208 e. The third-order valence-corrected chi connectivity index (χ3v) is 3.01. The lowest BCUT2D eigenvalue weighted by Gasteiger charge is -2.30. The topological polar surface area (TPSA) is 3.24 Å². The van der Waals surface area contributed by atoms with Gasteiger partial charge in [-0.1, -0.05) is 6.92 Å². The quantitative estimate of drug-likeness (QED) is 0.583. The van der Waals surface area contributed by atoms with Crippen molar-refractivity contribution in [3.8, 4) is 0 Å². The fraction of sp³-hybridized carbons (Fsp3) is 1.00. The average molecular weight is 141 g/mol. The molecule has 0 aromatic heterocycles. The first-order valence-electron chi connectivity index (χ1n) is 4.35. The summed E-state index contributed by atoms with van der Waals surface area (Å²) in [5.74, 6) is 0. The molecule has 1 rings (SSSR count). The van der Waals surface area contributed by atoms with Crippen LogP contribution in [0.5, 0.6) is 0 Å². The molecule has 0 atom stereocenters. The van der Waals surface area contributed by atoms with E-state index in [-0.39, 0.29) is 0 Å². The molecule has 0 amide bonds. The number of nitrogens with zero attached hydrogens (tertiary/aromatic N) is 1. The lowest BCUT2D eigenvalue weighted by atomic mass is 10.1. The van der Waals surface area contributed by atoms with Gasteiger partial charge in [-0.3, -0.25) is 4.90 Å². The molecule has 0 spiro atoms. The summed E-state index contributed by atoms with van der Waals surface area (Å²) in [5.41, 5.74) is 0.605. The minimum Gasteiger partial charge on any atom is -0.298 e. The molecule has 0 N–H and O–H groups in total. The molecule has 0 heterocycles. The van der Waals surface area contributed by atoms with Crippen molar-refractivity contribution in [2.24, 2.45) is 0 Å². The van der Waals surface area contributed by atoms with Crippen LogP contribution in [0.4, 0.5) is 0 Å². The van der Waals surface area contributed by atoms with E-state index in [0.29, 0.717) is 11.6 Å². The van der Waals surface area contributed by atoms with E-state index < -0.39 is 0 Å². The SMILES string of the molecule is CCC1(N(C)C(C)C)CC1. The Morgan fingerprint density at radius 1 is 1.40 bits per heavy atom. The molecule has 1 fully saturated rings. The van der Waals surface area contributed by atoms with Gasteiger partial charge in [0.2, 0.25) is 0 Å². The van der Waals surface area contributed by atoms with E-state index in [4.69, 9.17) is 0 Å². The van der Waals surface area contributed by atoms with Crippen molar-refractivity contribution in [2.75, 3.05) is 7.05 Å². The Bertz CT molecular complexity index is 114. The average Bonchev–Trinajstić information content (AvgIpc) is 2.66. The van der Waals surface area contributed by atoms with Crippen molar-refractivity contribution in [1.82, 2.24) is 4.90 Å². The lowest BCUT2D eigenvalue weighted by molar-refractivity contribution is 0.171. The van der Waals surface area contributed by atoms with Crippen LogP contribution in [0.15, 0.2) is 0 Å². The largest absolute Gasteiger partial charge is 0.298 e. The summed E-state index contributed by atoms with van der Waals surface area (Å²) < 4.78 is 0. The highest BCUT2D eigenvalue weighted by atomic mass is 15.2. The van der Waals surface area contributed by atoms with E-state index in [1.165, 1.54) is 19.3 Å². The molecule has 0 bridgehead atoms. The zero-order valence-corrected chi connectivity index (χ0v) is 7.65. The summed E-state index contributed by atoms with van der Waals surface area (Å²) in [4.78, 5) is 2.52. The molecule has 1 saturated carbocycles. The van der Waals surface area contributed by atoms with Crippen molar-refractivity contribution in [3.05, 3.63) is 0 Å². The highest BCUT2D eigenvalue weighted by Crippen LogP contribution is 2.44. The molecular formula is C9H19N. The normalized spacial score (nSPS) is 22.2. The van der Waals surface area contributed by atoms with Crippen LogP contribution >= 0.6 is 0 Å². The molecule has 0 aromatic rings. The third kappa shape index (κ3) is 1.20. The Kier molecular flexibility index (Phi) is 2.04. The van der Waals surface area contributed by atoms with Gasteiger partial charge in [-0.2, -0.15) is 0 Å². The van der Waals surface area contributed by atoms with Gasteiger partial charge in [0, 0.05) is 11.6 Å². The van der Waals surface area contributed by atoms with Crippen LogP contribution < -0.4 is 0 Å². The highest BCUT2D eigenvalue weighted by Gasteiger charge is 2.44. The van der Waals surface area contributed by atoms with Gasteiger partial charge < -0.3 is 0 Å². The van der Waals surface area contributed by atoms with Crippen molar-refractivity contribution >= 4 is 0 Å². The van der Waals surface area contributed by atoms with E-state index in [0.717, 1.165) is 0 Å². The zero-order valence-electron chi connectivity index (χ0n) is 7.65. The van der Waals surface area contributed by atoms with Crippen LogP contribution in [-0.2, 0) is 0 Å². The Morgan fingerprint density at radius 3 is 2.00 bits per heavy atom. The number of hydrogen-bond donors (Lipinski definition) is 0.